The second kappa shape index (κ2) is 8.75. The first-order chi connectivity index (χ1) is 21.7. The molecule has 1 aliphatic carbocycles. The van der Waals surface area contributed by atoms with Crippen LogP contribution in [0.1, 0.15) is 18.1 Å². The molecule has 3 aromatic heterocycles. The Labute approximate surface area is 253 Å². The highest BCUT2D eigenvalue weighted by molar-refractivity contribution is 6.26. The van der Waals surface area contributed by atoms with Crippen LogP contribution in [0.3, 0.4) is 0 Å². The minimum atomic E-state index is 0.575. The molecule has 9 aromatic rings. The van der Waals surface area contributed by atoms with E-state index in [1.54, 1.807) is 0 Å². The second-order valence-electron chi connectivity index (χ2n) is 12.3. The van der Waals surface area contributed by atoms with E-state index in [9.17, 15) is 0 Å². The minimum absolute atomic E-state index is 0.575. The zero-order valence-electron chi connectivity index (χ0n) is 24.3. The van der Waals surface area contributed by atoms with Gasteiger partial charge in [-0.1, -0.05) is 85.8 Å². The lowest BCUT2D eigenvalue weighted by molar-refractivity contribution is 0.668. The van der Waals surface area contributed by atoms with Crippen molar-refractivity contribution in [1.82, 2.24) is 9.13 Å². The second-order valence-corrected chi connectivity index (χ2v) is 12.3. The summed E-state index contributed by atoms with van der Waals surface area (Å²) >= 11 is 0. The lowest BCUT2D eigenvalue weighted by atomic mass is 9.90. The van der Waals surface area contributed by atoms with E-state index in [-0.39, 0.29) is 0 Å². The van der Waals surface area contributed by atoms with Gasteiger partial charge in [0.15, 0.2) is 0 Å². The lowest BCUT2D eigenvalue weighted by Gasteiger charge is -2.18. The standard InChI is InChI=1S/C41H28N2O/c1-25-14-15-27-23-28(17-16-26(27)22-25)43-35-11-5-2-8-30(35)33-20-21-37-40(41(33)43)34-10-3-6-12-36(34)42(37)29-18-19-32-31-9-4-7-13-38(31)44-39(32)24-29/h2-21,23-25H,22H2,1H3. The minimum Gasteiger partial charge on any atom is -0.456 e. The molecule has 3 heteroatoms. The van der Waals surface area contributed by atoms with Crippen LogP contribution in [0, 0.1) is 5.92 Å². The van der Waals surface area contributed by atoms with Gasteiger partial charge in [0.25, 0.3) is 0 Å². The molecule has 0 fully saturated rings. The fourth-order valence-electron chi connectivity index (χ4n) is 7.65. The van der Waals surface area contributed by atoms with Crippen LogP contribution < -0.4 is 0 Å². The Kier molecular flexibility index (Phi) is 4.76. The zero-order valence-corrected chi connectivity index (χ0v) is 24.3. The van der Waals surface area contributed by atoms with Crippen molar-refractivity contribution < 1.29 is 4.42 Å². The molecule has 1 atom stereocenters. The average Bonchev–Trinajstić information content (AvgIpc) is 3.71. The zero-order chi connectivity index (χ0) is 28.9. The van der Waals surface area contributed by atoms with Crippen molar-refractivity contribution in [3.8, 4) is 11.4 Å². The Morgan fingerprint density at radius 2 is 1.25 bits per heavy atom. The third-order valence-corrected chi connectivity index (χ3v) is 9.62. The summed E-state index contributed by atoms with van der Waals surface area (Å²) in [7, 11) is 0. The molecule has 0 N–H and O–H groups in total. The molecule has 0 bridgehead atoms. The molecule has 3 nitrogen and oxygen atoms in total. The van der Waals surface area contributed by atoms with Crippen molar-refractivity contribution in [1.29, 1.82) is 0 Å². The van der Waals surface area contributed by atoms with E-state index >= 15 is 0 Å². The van der Waals surface area contributed by atoms with E-state index in [0.717, 1.165) is 34.0 Å². The molecule has 0 aliphatic heterocycles. The molecule has 0 spiro atoms. The van der Waals surface area contributed by atoms with Crippen molar-refractivity contribution in [2.24, 2.45) is 5.92 Å². The first kappa shape index (κ1) is 24.0. The van der Waals surface area contributed by atoms with E-state index in [4.69, 9.17) is 4.42 Å². The number of hydrogen-bond acceptors (Lipinski definition) is 1. The van der Waals surface area contributed by atoms with Crippen molar-refractivity contribution >= 4 is 71.6 Å². The number of para-hydroxylation sites is 3. The summed E-state index contributed by atoms with van der Waals surface area (Å²) in [4.78, 5) is 0. The molecule has 3 heterocycles. The van der Waals surface area contributed by atoms with E-state index < -0.39 is 0 Å². The quantitative estimate of drug-likeness (QED) is 0.205. The van der Waals surface area contributed by atoms with Gasteiger partial charge >= 0.3 is 0 Å². The molecular formula is C41H28N2O. The highest BCUT2D eigenvalue weighted by Crippen LogP contribution is 2.43. The van der Waals surface area contributed by atoms with Crippen LogP contribution in [0.4, 0.5) is 0 Å². The topological polar surface area (TPSA) is 23.0 Å². The summed E-state index contributed by atoms with van der Waals surface area (Å²) in [6.07, 6.45) is 5.73. The molecule has 0 saturated heterocycles. The molecule has 1 aliphatic rings. The molecule has 1 unspecified atom stereocenters. The van der Waals surface area contributed by atoms with Gasteiger partial charge in [0.1, 0.15) is 11.2 Å². The summed E-state index contributed by atoms with van der Waals surface area (Å²) in [6.45, 7) is 2.29. The fourth-order valence-corrected chi connectivity index (χ4v) is 7.65. The maximum Gasteiger partial charge on any atom is 0.137 e. The summed E-state index contributed by atoms with van der Waals surface area (Å²) in [6, 6.07) is 44.2. The Bertz CT molecular complexity index is 2660. The number of nitrogens with zero attached hydrogens (tertiary/aromatic N) is 2. The highest BCUT2D eigenvalue weighted by Gasteiger charge is 2.22. The van der Waals surface area contributed by atoms with Crippen LogP contribution in [0.15, 0.2) is 132 Å². The van der Waals surface area contributed by atoms with Crippen LogP contribution in [-0.2, 0) is 6.42 Å². The lowest BCUT2D eigenvalue weighted by Crippen LogP contribution is -2.04. The van der Waals surface area contributed by atoms with E-state index in [1.165, 1.54) is 60.4 Å². The van der Waals surface area contributed by atoms with E-state index in [2.05, 4.69) is 137 Å². The van der Waals surface area contributed by atoms with Crippen molar-refractivity contribution in [2.75, 3.05) is 0 Å². The molecular weight excluding hydrogens is 536 g/mol. The number of fused-ring (bicyclic) bond motifs is 11. The average molecular weight is 565 g/mol. The Hall–Kier alpha value is -5.54. The van der Waals surface area contributed by atoms with Gasteiger partial charge in [-0.2, -0.15) is 0 Å². The van der Waals surface area contributed by atoms with Crippen LogP contribution in [0.25, 0.3) is 83.0 Å². The van der Waals surface area contributed by atoms with Gasteiger partial charge in [-0.15, -0.1) is 0 Å². The van der Waals surface area contributed by atoms with Crippen molar-refractivity contribution in [3.63, 3.8) is 0 Å². The van der Waals surface area contributed by atoms with Crippen LogP contribution in [0.5, 0.6) is 0 Å². The summed E-state index contributed by atoms with van der Waals surface area (Å²) in [5.41, 5.74) is 11.7. The summed E-state index contributed by atoms with van der Waals surface area (Å²) in [5, 5.41) is 7.34. The number of furan rings is 1. The normalized spacial score (nSPS) is 15.0. The van der Waals surface area contributed by atoms with Gasteiger partial charge in [0, 0.05) is 49.8 Å². The molecule has 0 amide bonds. The van der Waals surface area contributed by atoms with E-state index in [1.807, 2.05) is 12.1 Å². The fraction of sp³-hybridized carbons (Fsp3) is 0.0732. The predicted molar refractivity (Wildman–Crippen MR) is 184 cm³/mol. The maximum absolute atomic E-state index is 6.33. The van der Waals surface area contributed by atoms with Crippen LogP contribution >= 0.6 is 0 Å². The van der Waals surface area contributed by atoms with Crippen molar-refractivity contribution in [2.45, 2.75) is 13.3 Å². The van der Waals surface area contributed by atoms with Crippen molar-refractivity contribution in [3.05, 3.63) is 139 Å². The molecule has 44 heavy (non-hydrogen) atoms. The number of hydrogen-bond donors (Lipinski definition) is 0. The highest BCUT2D eigenvalue weighted by atomic mass is 16.3. The summed E-state index contributed by atoms with van der Waals surface area (Å²) in [5.74, 6) is 0.575. The third-order valence-electron chi connectivity index (χ3n) is 9.62. The number of aromatic nitrogens is 2. The summed E-state index contributed by atoms with van der Waals surface area (Å²) < 4.78 is 11.2. The first-order valence-corrected chi connectivity index (χ1v) is 15.4. The third kappa shape index (κ3) is 3.21. The molecule has 208 valence electrons. The molecule has 0 saturated carbocycles. The number of allylic oxidation sites excluding steroid dienone is 1. The van der Waals surface area contributed by atoms with E-state index in [0.29, 0.717) is 5.92 Å². The smallest absolute Gasteiger partial charge is 0.137 e. The molecule has 0 radical (unpaired) electrons. The van der Waals surface area contributed by atoms with Gasteiger partial charge in [0.05, 0.1) is 22.1 Å². The van der Waals surface area contributed by atoms with Gasteiger partial charge in [-0.25, -0.2) is 0 Å². The van der Waals surface area contributed by atoms with Gasteiger partial charge < -0.3 is 13.6 Å². The first-order valence-electron chi connectivity index (χ1n) is 15.4. The number of rotatable bonds is 2. The molecule has 6 aromatic carbocycles. The predicted octanol–water partition coefficient (Wildman–Crippen LogP) is 11.0. The van der Waals surface area contributed by atoms with Gasteiger partial charge in [-0.05, 0) is 72.0 Å². The largest absolute Gasteiger partial charge is 0.456 e. The monoisotopic (exact) mass is 564 g/mol. The Balaban J connectivity index is 1.32. The number of benzene rings is 6. The van der Waals surface area contributed by atoms with Crippen LogP contribution in [-0.4, -0.2) is 9.13 Å². The van der Waals surface area contributed by atoms with Crippen LogP contribution in [0.2, 0.25) is 0 Å². The van der Waals surface area contributed by atoms with Gasteiger partial charge in [-0.3, -0.25) is 0 Å². The maximum atomic E-state index is 6.33. The SMILES string of the molecule is CC1C=Cc2cc(-n3c4ccccc4c4ccc5c(c6ccccc6n5-c5ccc6c(c5)oc5ccccc56)c43)ccc2C1. The van der Waals surface area contributed by atoms with Gasteiger partial charge in [0.2, 0.25) is 0 Å². The molecule has 10 rings (SSSR count). The Morgan fingerprint density at radius 1 is 0.568 bits per heavy atom. The Morgan fingerprint density at radius 3 is 2.14 bits per heavy atom.